The Hall–Kier alpha value is -0.300. The molecule has 0 fully saturated rings. The molecule has 0 spiro atoms. The Morgan fingerprint density at radius 2 is 2.26 bits per heavy atom. The van der Waals surface area contributed by atoms with Gasteiger partial charge in [-0.05, 0) is 53.8 Å². The van der Waals surface area contributed by atoms with Crippen molar-refractivity contribution in [1.82, 2.24) is 10.6 Å². The van der Waals surface area contributed by atoms with Crippen molar-refractivity contribution in [3.63, 3.8) is 0 Å². The topological polar surface area (TPSA) is 41.1 Å². The second-order valence-corrected chi connectivity index (χ2v) is 5.70. The molecule has 104 valence electrons. The van der Waals surface area contributed by atoms with Crippen LogP contribution in [0.5, 0.6) is 0 Å². The molecule has 0 atom stereocenters. The summed E-state index contributed by atoms with van der Waals surface area (Å²) in [6.45, 7) is 2.50. The van der Waals surface area contributed by atoms with Gasteiger partial charge in [-0.2, -0.15) is 0 Å². The van der Waals surface area contributed by atoms with Crippen molar-refractivity contribution in [3.05, 3.63) is 44.0 Å². The molecule has 1 amide bonds. The minimum atomic E-state index is -0.0518. The molecule has 1 aliphatic rings. The third-order valence-corrected chi connectivity index (χ3v) is 4.36. The quantitative estimate of drug-likeness (QED) is 0.591. The van der Waals surface area contributed by atoms with Crippen LogP contribution in [-0.4, -0.2) is 25.5 Å². The first kappa shape index (κ1) is 16.8. The summed E-state index contributed by atoms with van der Waals surface area (Å²) in [5, 5.41) is 6.85. The van der Waals surface area contributed by atoms with Gasteiger partial charge in [0.2, 0.25) is 0 Å². The number of hydrogen-bond acceptors (Lipinski definition) is 2. The van der Waals surface area contributed by atoms with Crippen LogP contribution >= 0.6 is 46.6 Å². The largest absolute Gasteiger partial charge is 0.348 e. The van der Waals surface area contributed by atoms with Gasteiger partial charge in [-0.15, -0.1) is 12.4 Å². The predicted octanol–water partition coefficient (Wildman–Crippen LogP) is 3.02. The third-order valence-electron chi connectivity index (χ3n) is 2.82. The number of nitrogens with one attached hydrogen (secondary N) is 2. The van der Waals surface area contributed by atoms with Gasteiger partial charge in [-0.1, -0.05) is 23.3 Å². The first-order chi connectivity index (χ1) is 8.66. The maximum Gasteiger partial charge on any atom is 0.251 e. The van der Waals surface area contributed by atoms with Crippen LogP contribution in [-0.2, 0) is 0 Å². The van der Waals surface area contributed by atoms with Crippen LogP contribution in [0.25, 0.3) is 0 Å². The van der Waals surface area contributed by atoms with Crippen molar-refractivity contribution in [3.8, 4) is 0 Å². The molecular weight excluding hydrogens is 398 g/mol. The van der Waals surface area contributed by atoms with Crippen LogP contribution in [0.2, 0.25) is 5.02 Å². The van der Waals surface area contributed by atoms with Crippen LogP contribution in [0, 0.1) is 3.57 Å². The first-order valence-electron chi connectivity index (χ1n) is 5.78. The number of amides is 1. The number of carbonyl (C=O) groups is 1. The highest BCUT2D eigenvalue weighted by Gasteiger charge is 2.09. The van der Waals surface area contributed by atoms with Crippen LogP contribution < -0.4 is 10.6 Å². The molecule has 2 rings (SSSR count). The molecule has 1 aliphatic heterocycles. The van der Waals surface area contributed by atoms with E-state index in [1.807, 2.05) is 0 Å². The number of carbonyl (C=O) groups excluding carboxylic acids is 1. The van der Waals surface area contributed by atoms with Crippen LogP contribution in [0.3, 0.4) is 0 Å². The van der Waals surface area contributed by atoms with E-state index < -0.39 is 0 Å². The molecule has 6 heteroatoms. The van der Waals surface area contributed by atoms with Gasteiger partial charge in [0.05, 0.1) is 5.02 Å². The summed E-state index contributed by atoms with van der Waals surface area (Å²) in [7, 11) is 0. The van der Waals surface area contributed by atoms with E-state index in [4.69, 9.17) is 11.6 Å². The molecule has 0 radical (unpaired) electrons. The summed E-state index contributed by atoms with van der Waals surface area (Å²) in [4.78, 5) is 12.0. The number of rotatable bonds is 3. The molecule has 19 heavy (non-hydrogen) atoms. The van der Waals surface area contributed by atoms with Gasteiger partial charge in [0.25, 0.3) is 5.91 Å². The normalized spacial score (nSPS) is 14.3. The lowest BCUT2D eigenvalue weighted by atomic mass is 10.1. The van der Waals surface area contributed by atoms with Crippen molar-refractivity contribution in [2.24, 2.45) is 0 Å². The standard InChI is InChI=1S/C13H14ClIN2O.ClH/c14-11-2-1-10(7-12(11)15)13(18)17-8-9-3-5-16-6-4-9;/h1-3,7,16H,4-6,8H2,(H,17,18);1H. The molecule has 1 aromatic carbocycles. The van der Waals surface area contributed by atoms with Gasteiger partial charge < -0.3 is 10.6 Å². The zero-order valence-corrected chi connectivity index (χ0v) is 13.9. The maximum absolute atomic E-state index is 12.0. The highest BCUT2D eigenvalue weighted by atomic mass is 127. The van der Waals surface area contributed by atoms with Crippen molar-refractivity contribution in [2.45, 2.75) is 6.42 Å². The van der Waals surface area contributed by atoms with E-state index in [-0.39, 0.29) is 18.3 Å². The van der Waals surface area contributed by atoms with Crippen molar-refractivity contribution in [2.75, 3.05) is 19.6 Å². The van der Waals surface area contributed by atoms with Crippen LogP contribution in [0.15, 0.2) is 29.8 Å². The van der Waals surface area contributed by atoms with Gasteiger partial charge >= 0.3 is 0 Å². The summed E-state index contributed by atoms with van der Waals surface area (Å²) in [5.74, 6) is -0.0518. The summed E-state index contributed by atoms with van der Waals surface area (Å²) in [6, 6.07) is 5.30. The van der Waals surface area contributed by atoms with Gasteiger partial charge in [0.1, 0.15) is 0 Å². The van der Waals surface area contributed by atoms with E-state index in [1.54, 1.807) is 18.2 Å². The molecule has 3 nitrogen and oxygen atoms in total. The molecule has 0 aromatic heterocycles. The molecular formula is C13H15Cl2IN2O. The minimum absolute atomic E-state index is 0. The average Bonchev–Trinajstić information content (AvgIpc) is 2.40. The van der Waals surface area contributed by atoms with E-state index >= 15 is 0 Å². The fourth-order valence-corrected chi connectivity index (χ4v) is 2.40. The van der Waals surface area contributed by atoms with E-state index in [0.717, 1.165) is 23.1 Å². The van der Waals surface area contributed by atoms with Crippen LogP contribution in [0.1, 0.15) is 16.8 Å². The highest BCUT2D eigenvalue weighted by molar-refractivity contribution is 14.1. The van der Waals surface area contributed by atoms with E-state index in [0.29, 0.717) is 17.1 Å². The predicted molar refractivity (Wildman–Crippen MR) is 89.3 cm³/mol. The lowest BCUT2D eigenvalue weighted by Crippen LogP contribution is -2.29. The first-order valence-corrected chi connectivity index (χ1v) is 7.24. The van der Waals surface area contributed by atoms with Crippen molar-refractivity contribution in [1.29, 1.82) is 0 Å². The highest BCUT2D eigenvalue weighted by Crippen LogP contribution is 2.19. The Bertz CT molecular complexity index is 492. The van der Waals surface area contributed by atoms with E-state index in [1.165, 1.54) is 5.57 Å². The lowest BCUT2D eigenvalue weighted by Gasteiger charge is -2.14. The molecule has 0 bridgehead atoms. The summed E-state index contributed by atoms with van der Waals surface area (Å²) in [5.41, 5.74) is 1.93. The number of hydrogen-bond donors (Lipinski definition) is 2. The third kappa shape index (κ3) is 4.95. The fourth-order valence-electron chi connectivity index (χ4n) is 1.76. The Morgan fingerprint density at radius 3 is 2.89 bits per heavy atom. The summed E-state index contributed by atoms with van der Waals surface area (Å²) < 4.78 is 0.892. The lowest BCUT2D eigenvalue weighted by molar-refractivity contribution is 0.0956. The smallest absolute Gasteiger partial charge is 0.251 e. The zero-order chi connectivity index (χ0) is 13.0. The summed E-state index contributed by atoms with van der Waals surface area (Å²) >= 11 is 8.05. The average molecular weight is 413 g/mol. The number of halogens is 3. The van der Waals surface area contributed by atoms with Crippen LogP contribution in [0.4, 0.5) is 0 Å². The minimum Gasteiger partial charge on any atom is -0.348 e. The molecule has 1 heterocycles. The van der Waals surface area contributed by atoms with Crippen molar-refractivity contribution >= 4 is 52.5 Å². The second-order valence-electron chi connectivity index (χ2n) is 4.13. The molecule has 0 unspecified atom stereocenters. The van der Waals surface area contributed by atoms with Gasteiger partial charge in [0, 0.05) is 22.2 Å². The van der Waals surface area contributed by atoms with Gasteiger partial charge in [-0.3, -0.25) is 4.79 Å². The molecule has 0 saturated carbocycles. The van der Waals surface area contributed by atoms with Gasteiger partial charge in [-0.25, -0.2) is 0 Å². The number of benzene rings is 1. The molecule has 1 aromatic rings. The second kappa shape index (κ2) is 8.09. The SMILES string of the molecule is Cl.O=C(NCC1=CCNCC1)c1ccc(Cl)c(I)c1. The Kier molecular flexibility index (Phi) is 7.13. The Balaban J connectivity index is 0.00000180. The van der Waals surface area contributed by atoms with E-state index in [9.17, 15) is 4.79 Å². The monoisotopic (exact) mass is 412 g/mol. The maximum atomic E-state index is 12.0. The van der Waals surface area contributed by atoms with Crippen molar-refractivity contribution < 1.29 is 4.79 Å². The fraction of sp³-hybridized carbons (Fsp3) is 0.308. The zero-order valence-electron chi connectivity index (χ0n) is 10.2. The Labute approximate surface area is 137 Å². The Morgan fingerprint density at radius 1 is 1.47 bits per heavy atom. The molecule has 2 N–H and O–H groups in total. The van der Waals surface area contributed by atoms with Gasteiger partial charge in [0.15, 0.2) is 0 Å². The van der Waals surface area contributed by atoms with E-state index in [2.05, 4.69) is 39.3 Å². The summed E-state index contributed by atoms with van der Waals surface area (Å²) in [6.07, 6.45) is 3.13. The molecule has 0 aliphatic carbocycles. The molecule has 0 saturated heterocycles.